The zero-order valence-corrected chi connectivity index (χ0v) is 15.1. The Morgan fingerprint density at radius 2 is 2.08 bits per heavy atom. The minimum Gasteiger partial charge on any atom is -0.334 e. The maximum Gasteiger partial charge on any atom is 0.318 e. The van der Waals surface area contributed by atoms with Crippen molar-refractivity contribution in [2.75, 3.05) is 6.54 Å². The minimum absolute atomic E-state index is 0.0506. The normalized spacial score (nSPS) is 20.1. The fourth-order valence-corrected chi connectivity index (χ4v) is 3.58. The number of nitrogens with zero attached hydrogens (tertiary/aromatic N) is 3. The molecule has 25 heavy (non-hydrogen) atoms. The molecule has 1 aromatic carbocycles. The number of likely N-dealkylation sites (tertiary alicyclic amines) is 1. The Kier molecular flexibility index (Phi) is 4.79. The van der Waals surface area contributed by atoms with Gasteiger partial charge >= 0.3 is 6.03 Å². The lowest BCUT2D eigenvalue weighted by Crippen LogP contribution is -2.50. The van der Waals surface area contributed by atoms with E-state index < -0.39 is 0 Å². The van der Waals surface area contributed by atoms with Crippen molar-refractivity contribution in [3.63, 3.8) is 0 Å². The summed E-state index contributed by atoms with van der Waals surface area (Å²) < 4.78 is 14.9. The first-order valence-corrected chi connectivity index (χ1v) is 8.66. The lowest BCUT2D eigenvalue weighted by molar-refractivity contribution is 0.155. The minimum atomic E-state index is -0.244. The second kappa shape index (κ2) is 6.86. The number of rotatable bonds is 4. The first-order valence-electron chi connectivity index (χ1n) is 8.66. The number of carbonyl (C=O) groups excluding carboxylic acids is 1. The van der Waals surface area contributed by atoms with Crippen LogP contribution in [-0.4, -0.2) is 32.8 Å². The highest BCUT2D eigenvalue weighted by Crippen LogP contribution is 2.32. The van der Waals surface area contributed by atoms with Crippen LogP contribution in [0.1, 0.15) is 36.6 Å². The Labute approximate surface area is 147 Å². The van der Waals surface area contributed by atoms with Gasteiger partial charge in [0.05, 0.1) is 6.20 Å². The quantitative estimate of drug-likeness (QED) is 0.926. The van der Waals surface area contributed by atoms with E-state index in [1.54, 1.807) is 23.0 Å². The highest BCUT2D eigenvalue weighted by Gasteiger charge is 2.39. The third-order valence-electron chi connectivity index (χ3n) is 5.26. The molecule has 1 atom stereocenters. The number of hydrogen-bond donors (Lipinski definition) is 1. The Morgan fingerprint density at radius 1 is 1.36 bits per heavy atom. The Balaban J connectivity index is 1.66. The molecule has 2 heterocycles. The molecule has 0 saturated carbocycles. The Bertz CT molecular complexity index is 755. The van der Waals surface area contributed by atoms with E-state index in [1.807, 2.05) is 18.9 Å². The van der Waals surface area contributed by atoms with Crippen LogP contribution >= 0.6 is 0 Å². The van der Waals surface area contributed by atoms with Gasteiger partial charge in [0.2, 0.25) is 0 Å². The average molecular weight is 344 g/mol. The number of carbonyl (C=O) groups is 1. The monoisotopic (exact) mass is 344 g/mol. The molecule has 1 unspecified atom stereocenters. The molecule has 6 heteroatoms. The molecular formula is C19H25FN4O. The molecule has 5 nitrogen and oxygen atoms in total. The van der Waals surface area contributed by atoms with E-state index in [4.69, 9.17) is 0 Å². The molecule has 0 spiro atoms. The maximum atomic E-state index is 13.1. The summed E-state index contributed by atoms with van der Waals surface area (Å²) in [5, 5.41) is 7.22. The number of nitrogens with one attached hydrogen (secondary N) is 1. The molecule has 1 N–H and O–H groups in total. The number of hydrogen-bond acceptors (Lipinski definition) is 2. The summed E-state index contributed by atoms with van der Waals surface area (Å²) in [5.74, 6) is -0.234. The van der Waals surface area contributed by atoms with E-state index in [1.165, 1.54) is 12.1 Å². The van der Waals surface area contributed by atoms with Crippen LogP contribution in [-0.2, 0) is 20.0 Å². The molecule has 1 aromatic heterocycles. The zero-order chi connectivity index (χ0) is 18.0. The van der Waals surface area contributed by atoms with Crippen LogP contribution in [0.25, 0.3) is 0 Å². The highest BCUT2D eigenvalue weighted by atomic mass is 19.1. The topological polar surface area (TPSA) is 50.2 Å². The number of halogens is 1. The van der Waals surface area contributed by atoms with Gasteiger partial charge in [-0.25, -0.2) is 9.18 Å². The van der Waals surface area contributed by atoms with Crippen LogP contribution in [0.5, 0.6) is 0 Å². The van der Waals surface area contributed by atoms with Crippen LogP contribution in [0.4, 0.5) is 9.18 Å². The van der Waals surface area contributed by atoms with Gasteiger partial charge in [0.25, 0.3) is 0 Å². The summed E-state index contributed by atoms with van der Waals surface area (Å²) in [6, 6.07) is 6.50. The highest BCUT2D eigenvalue weighted by molar-refractivity contribution is 5.75. The van der Waals surface area contributed by atoms with Gasteiger partial charge in [-0.3, -0.25) is 4.68 Å². The van der Waals surface area contributed by atoms with Crippen molar-refractivity contribution in [1.29, 1.82) is 0 Å². The number of aryl methyl sites for hydroxylation is 1. The summed E-state index contributed by atoms with van der Waals surface area (Å²) in [4.78, 5) is 14.6. The first-order chi connectivity index (χ1) is 11.9. The molecule has 1 saturated heterocycles. The van der Waals surface area contributed by atoms with Gasteiger partial charge in [-0.15, -0.1) is 0 Å². The van der Waals surface area contributed by atoms with Gasteiger partial charge in [0.15, 0.2) is 0 Å². The van der Waals surface area contributed by atoms with Gasteiger partial charge in [0.1, 0.15) is 5.82 Å². The lowest BCUT2D eigenvalue weighted by atomic mass is 9.90. The van der Waals surface area contributed by atoms with Crippen LogP contribution < -0.4 is 5.32 Å². The summed E-state index contributed by atoms with van der Waals surface area (Å²) >= 11 is 0. The van der Waals surface area contributed by atoms with Crippen LogP contribution in [0.2, 0.25) is 0 Å². The zero-order valence-electron chi connectivity index (χ0n) is 15.1. The number of aromatic nitrogens is 2. The van der Waals surface area contributed by atoms with Crippen LogP contribution in [0.3, 0.4) is 0 Å². The molecule has 134 valence electrons. The maximum absolute atomic E-state index is 13.1. The molecule has 2 amide bonds. The smallest absolute Gasteiger partial charge is 0.318 e. The van der Waals surface area contributed by atoms with Gasteiger partial charge in [0, 0.05) is 36.9 Å². The summed E-state index contributed by atoms with van der Waals surface area (Å²) in [6.45, 7) is 5.32. The van der Waals surface area contributed by atoms with Crippen LogP contribution in [0.15, 0.2) is 30.5 Å². The second-order valence-corrected chi connectivity index (χ2v) is 7.09. The summed E-state index contributed by atoms with van der Waals surface area (Å²) in [7, 11) is 1.89. The fraction of sp³-hybridized carbons (Fsp3) is 0.474. The van der Waals surface area contributed by atoms with E-state index in [0.717, 1.165) is 42.6 Å². The van der Waals surface area contributed by atoms with E-state index in [9.17, 15) is 9.18 Å². The third kappa shape index (κ3) is 3.67. The number of amides is 2. The Hall–Kier alpha value is -2.37. The standard InChI is InChI=1S/C19H25FN4O/c1-14-16(13-22-23(14)3)12-21-18(25)24-10-4-9-19(24,2)11-15-5-7-17(20)8-6-15/h5-8,13H,4,9-12H2,1-3H3,(H,21,25). The van der Waals surface area contributed by atoms with E-state index >= 15 is 0 Å². The molecule has 0 aliphatic carbocycles. The lowest BCUT2D eigenvalue weighted by Gasteiger charge is -2.35. The van der Waals surface area contributed by atoms with Crippen LogP contribution in [0, 0.1) is 12.7 Å². The summed E-state index contributed by atoms with van der Waals surface area (Å²) in [6.07, 6.45) is 4.45. The van der Waals surface area contributed by atoms with Crippen molar-refractivity contribution in [2.24, 2.45) is 7.05 Å². The SMILES string of the molecule is Cc1c(CNC(=O)N2CCCC2(C)Cc2ccc(F)cc2)cnn1C. The molecule has 1 fully saturated rings. The van der Waals surface area contributed by atoms with Gasteiger partial charge in [-0.2, -0.15) is 5.10 Å². The number of urea groups is 1. The molecule has 0 bridgehead atoms. The van der Waals surface area contributed by atoms with Crippen molar-refractivity contribution in [3.05, 3.63) is 53.1 Å². The predicted octanol–water partition coefficient (Wildman–Crippen LogP) is 3.17. The van der Waals surface area contributed by atoms with Crippen molar-refractivity contribution in [1.82, 2.24) is 20.0 Å². The molecule has 2 aromatic rings. The molecular weight excluding hydrogens is 319 g/mol. The fourth-order valence-electron chi connectivity index (χ4n) is 3.58. The largest absolute Gasteiger partial charge is 0.334 e. The van der Waals surface area contributed by atoms with Crippen molar-refractivity contribution in [3.8, 4) is 0 Å². The first kappa shape index (κ1) is 17.5. The van der Waals surface area contributed by atoms with Crippen molar-refractivity contribution < 1.29 is 9.18 Å². The third-order valence-corrected chi connectivity index (χ3v) is 5.26. The van der Waals surface area contributed by atoms with Gasteiger partial charge < -0.3 is 10.2 Å². The van der Waals surface area contributed by atoms with E-state index in [0.29, 0.717) is 6.54 Å². The van der Waals surface area contributed by atoms with Gasteiger partial charge in [-0.05, 0) is 50.8 Å². The van der Waals surface area contributed by atoms with Gasteiger partial charge in [-0.1, -0.05) is 12.1 Å². The molecule has 1 aliphatic rings. The van der Waals surface area contributed by atoms with E-state index in [-0.39, 0.29) is 17.4 Å². The van der Waals surface area contributed by atoms with Crippen molar-refractivity contribution in [2.45, 2.75) is 45.2 Å². The second-order valence-electron chi connectivity index (χ2n) is 7.09. The summed E-state index contributed by atoms with van der Waals surface area (Å²) in [5.41, 5.74) is 2.88. The molecule has 3 rings (SSSR count). The van der Waals surface area contributed by atoms with E-state index in [2.05, 4.69) is 17.3 Å². The Morgan fingerprint density at radius 3 is 2.72 bits per heavy atom. The molecule has 1 aliphatic heterocycles. The predicted molar refractivity (Wildman–Crippen MR) is 94.6 cm³/mol. The average Bonchev–Trinajstić information content (AvgIpc) is 3.11. The van der Waals surface area contributed by atoms with Crippen molar-refractivity contribution >= 4 is 6.03 Å². The number of benzene rings is 1. The molecule has 0 radical (unpaired) electrons.